The summed E-state index contributed by atoms with van der Waals surface area (Å²) in [7, 11) is 0. The van der Waals surface area contributed by atoms with E-state index >= 15 is 0 Å². The minimum absolute atomic E-state index is 0.161. The zero-order chi connectivity index (χ0) is 16.9. The third kappa shape index (κ3) is 3.22. The van der Waals surface area contributed by atoms with Crippen molar-refractivity contribution in [3.05, 3.63) is 49.1 Å². The summed E-state index contributed by atoms with van der Waals surface area (Å²) in [5, 5.41) is 6.95. The molecule has 0 aliphatic heterocycles. The summed E-state index contributed by atoms with van der Waals surface area (Å²) < 4.78 is 23.7. The van der Waals surface area contributed by atoms with Crippen LogP contribution in [-0.4, -0.2) is 34.2 Å². The SMILES string of the molecule is C=CCNC(=O)COc1ncnc2onc(-c3ccc(F)cc3)c12. The lowest BCUT2D eigenvalue weighted by Crippen LogP contribution is -2.29. The highest BCUT2D eigenvalue weighted by Gasteiger charge is 2.18. The first-order valence-electron chi connectivity index (χ1n) is 7.05. The summed E-state index contributed by atoms with van der Waals surface area (Å²) in [6, 6.07) is 5.73. The van der Waals surface area contributed by atoms with Crippen molar-refractivity contribution in [3.63, 3.8) is 0 Å². The Morgan fingerprint density at radius 2 is 2.12 bits per heavy atom. The molecule has 0 atom stereocenters. The van der Waals surface area contributed by atoms with Gasteiger partial charge in [0.2, 0.25) is 5.88 Å². The minimum atomic E-state index is -0.363. The van der Waals surface area contributed by atoms with Crippen LogP contribution in [0.2, 0.25) is 0 Å². The van der Waals surface area contributed by atoms with Gasteiger partial charge in [0, 0.05) is 12.1 Å². The van der Waals surface area contributed by atoms with Crippen molar-refractivity contribution in [3.8, 4) is 17.1 Å². The van der Waals surface area contributed by atoms with Crippen LogP contribution in [0.5, 0.6) is 5.88 Å². The second kappa shape index (κ2) is 6.86. The molecule has 0 unspecified atom stereocenters. The van der Waals surface area contributed by atoms with E-state index in [1.807, 2.05) is 0 Å². The largest absolute Gasteiger partial charge is 0.467 e. The quantitative estimate of drug-likeness (QED) is 0.697. The van der Waals surface area contributed by atoms with Crippen LogP contribution >= 0.6 is 0 Å². The molecule has 0 radical (unpaired) electrons. The molecule has 122 valence electrons. The fourth-order valence-corrected chi connectivity index (χ4v) is 2.05. The van der Waals surface area contributed by atoms with Gasteiger partial charge in [-0.15, -0.1) is 6.58 Å². The Morgan fingerprint density at radius 1 is 1.33 bits per heavy atom. The molecule has 3 rings (SSSR count). The monoisotopic (exact) mass is 328 g/mol. The van der Waals surface area contributed by atoms with Crippen molar-refractivity contribution in [1.29, 1.82) is 0 Å². The van der Waals surface area contributed by atoms with Gasteiger partial charge in [-0.2, -0.15) is 4.98 Å². The summed E-state index contributed by atoms with van der Waals surface area (Å²) in [6.45, 7) is 3.63. The van der Waals surface area contributed by atoms with Gasteiger partial charge in [0.1, 0.15) is 23.2 Å². The predicted molar refractivity (Wildman–Crippen MR) is 83.7 cm³/mol. The second-order valence-electron chi connectivity index (χ2n) is 4.78. The molecule has 1 N–H and O–H groups in total. The Balaban J connectivity index is 1.91. The summed E-state index contributed by atoms with van der Waals surface area (Å²) in [6.07, 6.45) is 2.81. The van der Waals surface area contributed by atoms with Crippen molar-refractivity contribution in [2.75, 3.05) is 13.2 Å². The van der Waals surface area contributed by atoms with E-state index in [1.54, 1.807) is 18.2 Å². The Hall–Kier alpha value is -3.29. The van der Waals surface area contributed by atoms with E-state index < -0.39 is 0 Å². The van der Waals surface area contributed by atoms with E-state index in [9.17, 15) is 9.18 Å². The van der Waals surface area contributed by atoms with Crippen LogP contribution in [-0.2, 0) is 4.79 Å². The van der Waals surface area contributed by atoms with Crippen LogP contribution in [0, 0.1) is 5.82 Å². The first kappa shape index (κ1) is 15.6. The zero-order valence-electron chi connectivity index (χ0n) is 12.5. The van der Waals surface area contributed by atoms with E-state index in [0.717, 1.165) is 0 Å². The van der Waals surface area contributed by atoms with E-state index in [-0.39, 0.29) is 29.9 Å². The molecular formula is C16H13FN4O3. The van der Waals surface area contributed by atoms with Crippen LogP contribution in [0.15, 0.2) is 47.8 Å². The zero-order valence-corrected chi connectivity index (χ0v) is 12.5. The maximum atomic E-state index is 13.1. The van der Waals surface area contributed by atoms with E-state index in [0.29, 0.717) is 23.2 Å². The third-order valence-corrected chi connectivity index (χ3v) is 3.14. The molecule has 24 heavy (non-hydrogen) atoms. The average molecular weight is 328 g/mol. The van der Waals surface area contributed by atoms with Gasteiger partial charge < -0.3 is 14.6 Å². The summed E-state index contributed by atoms with van der Waals surface area (Å²) >= 11 is 0. The van der Waals surface area contributed by atoms with Crippen molar-refractivity contribution < 1.29 is 18.4 Å². The number of fused-ring (bicyclic) bond motifs is 1. The van der Waals surface area contributed by atoms with Crippen LogP contribution in [0.3, 0.4) is 0 Å². The lowest BCUT2D eigenvalue weighted by Gasteiger charge is -2.06. The van der Waals surface area contributed by atoms with Crippen LogP contribution < -0.4 is 10.1 Å². The Labute approximate surface area is 136 Å². The fraction of sp³-hybridized carbons (Fsp3) is 0.125. The molecule has 3 aromatic rings. The number of carbonyl (C=O) groups is 1. The van der Waals surface area contributed by atoms with Crippen molar-refractivity contribution in [1.82, 2.24) is 20.4 Å². The number of ether oxygens (including phenoxy) is 1. The molecule has 0 saturated heterocycles. The molecule has 2 heterocycles. The molecule has 2 aromatic heterocycles. The molecule has 0 fully saturated rings. The Kier molecular flexibility index (Phi) is 4.46. The number of rotatable bonds is 6. The van der Waals surface area contributed by atoms with Gasteiger partial charge in [0.25, 0.3) is 11.6 Å². The fourth-order valence-electron chi connectivity index (χ4n) is 2.05. The number of carbonyl (C=O) groups excluding carboxylic acids is 1. The Morgan fingerprint density at radius 3 is 2.88 bits per heavy atom. The maximum Gasteiger partial charge on any atom is 0.265 e. The number of nitrogens with zero attached hydrogens (tertiary/aromatic N) is 3. The number of aromatic nitrogens is 3. The van der Waals surface area contributed by atoms with Gasteiger partial charge in [-0.05, 0) is 24.3 Å². The summed E-state index contributed by atoms with van der Waals surface area (Å²) in [5.41, 5.74) is 1.24. The number of hydrogen-bond donors (Lipinski definition) is 1. The predicted octanol–water partition coefficient (Wildman–Crippen LogP) is 2.10. The van der Waals surface area contributed by atoms with Gasteiger partial charge in [-0.1, -0.05) is 11.2 Å². The van der Waals surface area contributed by atoms with Crippen LogP contribution in [0.4, 0.5) is 4.39 Å². The average Bonchev–Trinajstić information content (AvgIpc) is 3.03. The maximum absolute atomic E-state index is 13.1. The van der Waals surface area contributed by atoms with Gasteiger partial charge in [0.15, 0.2) is 6.61 Å². The standard InChI is InChI=1S/C16H13FN4O3/c1-2-7-18-12(22)8-23-15-13-14(10-3-5-11(17)6-4-10)21-24-16(13)20-9-19-15/h2-6,9H,1,7-8H2,(H,18,22). The molecule has 0 spiro atoms. The van der Waals surface area contributed by atoms with Crippen molar-refractivity contribution in [2.24, 2.45) is 0 Å². The van der Waals surface area contributed by atoms with E-state index in [4.69, 9.17) is 9.26 Å². The lowest BCUT2D eigenvalue weighted by atomic mass is 10.1. The number of nitrogens with one attached hydrogen (secondary N) is 1. The Bertz CT molecular complexity index is 877. The molecule has 1 aromatic carbocycles. The third-order valence-electron chi connectivity index (χ3n) is 3.14. The van der Waals surface area contributed by atoms with Crippen molar-refractivity contribution >= 4 is 17.0 Å². The summed E-state index contributed by atoms with van der Waals surface area (Å²) in [4.78, 5) is 19.6. The number of amides is 1. The number of halogens is 1. The first-order valence-corrected chi connectivity index (χ1v) is 7.05. The number of benzene rings is 1. The van der Waals surface area contributed by atoms with Gasteiger partial charge in [-0.25, -0.2) is 9.37 Å². The topological polar surface area (TPSA) is 90.1 Å². The molecule has 0 saturated carbocycles. The normalized spacial score (nSPS) is 10.5. The highest BCUT2D eigenvalue weighted by Crippen LogP contribution is 2.32. The van der Waals surface area contributed by atoms with E-state index in [1.165, 1.54) is 18.5 Å². The lowest BCUT2D eigenvalue weighted by molar-refractivity contribution is -0.122. The number of hydrogen-bond acceptors (Lipinski definition) is 6. The molecule has 8 heteroatoms. The molecule has 0 aliphatic carbocycles. The smallest absolute Gasteiger partial charge is 0.265 e. The molecule has 0 bridgehead atoms. The highest BCUT2D eigenvalue weighted by atomic mass is 19.1. The molecule has 7 nitrogen and oxygen atoms in total. The van der Waals surface area contributed by atoms with Gasteiger partial charge in [-0.3, -0.25) is 4.79 Å². The first-order chi connectivity index (χ1) is 11.7. The minimum Gasteiger partial charge on any atom is -0.467 e. The second-order valence-corrected chi connectivity index (χ2v) is 4.78. The van der Waals surface area contributed by atoms with Gasteiger partial charge >= 0.3 is 0 Å². The summed E-state index contributed by atoms with van der Waals surface area (Å²) in [5.74, 6) is -0.519. The molecule has 0 aliphatic rings. The molecular weight excluding hydrogens is 315 g/mol. The highest BCUT2D eigenvalue weighted by molar-refractivity contribution is 5.93. The molecule has 1 amide bonds. The van der Waals surface area contributed by atoms with Crippen molar-refractivity contribution in [2.45, 2.75) is 0 Å². The van der Waals surface area contributed by atoms with Gasteiger partial charge in [0.05, 0.1) is 0 Å². The van der Waals surface area contributed by atoms with Crippen LogP contribution in [0.1, 0.15) is 0 Å². The van der Waals surface area contributed by atoms with E-state index in [2.05, 4.69) is 27.0 Å². The van der Waals surface area contributed by atoms with Crippen LogP contribution in [0.25, 0.3) is 22.4 Å².